The van der Waals surface area contributed by atoms with Gasteiger partial charge in [-0.1, -0.05) is 18.2 Å². The van der Waals surface area contributed by atoms with Gasteiger partial charge in [0.1, 0.15) is 0 Å². The second-order valence-electron chi connectivity index (χ2n) is 7.13. The van der Waals surface area contributed by atoms with Gasteiger partial charge in [-0.25, -0.2) is 0 Å². The van der Waals surface area contributed by atoms with E-state index in [0.717, 1.165) is 19.2 Å². The molecule has 30 heavy (non-hydrogen) atoms. The highest BCUT2D eigenvalue weighted by molar-refractivity contribution is 5.94. The minimum Gasteiger partial charge on any atom is -0.369 e. The molecule has 2 aromatic carbocycles. The Morgan fingerprint density at radius 3 is 2.43 bits per heavy atom. The van der Waals surface area contributed by atoms with Gasteiger partial charge in [-0.2, -0.15) is 13.2 Å². The first-order chi connectivity index (χ1) is 14.1. The Balaban J connectivity index is 1.81. The lowest BCUT2D eigenvalue weighted by molar-refractivity contribution is -0.385. The molecule has 1 heterocycles. The van der Waals surface area contributed by atoms with Gasteiger partial charge in [0.05, 0.1) is 22.6 Å². The molecule has 0 spiro atoms. The van der Waals surface area contributed by atoms with E-state index < -0.39 is 29.0 Å². The summed E-state index contributed by atoms with van der Waals surface area (Å²) in [5.41, 5.74) is -1.01. The van der Waals surface area contributed by atoms with Crippen LogP contribution < -0.4 is 10.2 Å². The quantitative estimate of drug-likeness (QED) is 0.589. The number of halogens is 3. The van der Waals surface area contributed by atoms with Crippen LogP contribution in [0.5, 0.6) is 0 Å². The number of nitrogens with one attached hydrogen (secondary N) is 1. The number of rotatable bonds is 5. The van der Waals surface area contributed by atoms with Crippen molar-refractivity contribution < 1.29 is 22.9 Å². The number of nitrogens with zero attached hydrogens (tertiary/aromatic N) is 3. The van der Waals surface area contributed by atoms with E-state index in [1.54, 1.807) is 6.07 Å². The number of likely N-dealkylation sites (N-methyl/N-ethyl adjacent to an activating group) is 1. The Kier molecular flexibility index (Phi) is 6.25. The Hall–Kier alpha value is -3.14. The summed E-state index contributed by atoms with van der Waals surface area (Å²) >= 11 is 0. The molecule has 0 aliphatic carbocycles. The molecule has 1 aliphatic rings. The molecule has 3 rings (SSSR count). The summed E-state index contributed by atoms with van der Waals surface area (Å²) in [4.78, 5) is 26.7. The molecule has 160 valence electrons. The molecule has 0 radical (unpaired) electrons. The highest BCUT2D eigenvalue weighted by atomic mass is 19.4. The van der Waals surface area contributed by atoms with Crippen LogP contribution in [0.4, 0.5) is 30.2 Å². The van der Waals surface area contributed by atoms with Gasteiger partial charge >= 0.3 is 6.18 Å². The fourth-order valence-electron chi connectivity index (χ4n) is 3.34. The van der Waals surface area contributed by atoms with Crippen LogP contribution in [0, 0.1) is 10.1 Å². The first-order valence-electron chi connectivity index (χ1n) is 9.32. The molecule has 2 aromatic rings. The van der Waals surface area contributed by atoms with E-state index in [2.05, 4.69) is 10.2 Å². The summed E-state index contributed by atoms with van der Waals surface area (Å²) in [6.07, 6.45) is -5.07. The monoisotopic (exact) mass is 422 g/mol. The molecule has 0 aromatic heterocycles. The summed E-state index contributed by atoms with van der Waals surface area (Å²) in [7, 11) is 1.95. The number of piperazine rings is 1. The number of para-hydroxylation sites is 1. The number of benzene rings is 2. The van der Waals surface area contributed by atoms with Crippen molar-refractivity contribution in [3.8, 4) is 0 Å². The third-order valence-corrected chi connectivity index (χ3v) is 4.99. The standard InChI is InChI=1S/C20H21F3N4O3/c1-25-8-10-26(11-9-25)15-6-7-17(16(13-15)20(21,22)23)24-19(28)12-14-4-2-3-5-18(14)27(29)30/h2-7,13H,8-12H2,1H3,(H,24,28). The van der Waals surface area contributed by atoms with Crippen molar-refractivity contribution in [2.24, 2.45) is 0 Å². The predicted octanol–water partition coefficient (Wildman–Crippen LogP) is 3.55. The predicted molar refractivity (Wildman–Crippen MR) is 107 cm³/mol. The maximum atomic E-state index is 13.6. The topological polar surface area (TPSA) is 78.7 Å². The maximum Gasteiger partial charge on any atom is 0.418 e. The summed E-state index contributed by atoms with van der Waals surface area (Å²) in [5, 5.41) is 13.3. The molecule has 1 N–H and O–H groups in total. The van der Waals surface area contributed by atoms with Gasteiger partial charge in [0, 0.05) is 43.5 Å². The Labute approximate surface area is 171 Å². The van der Waals surface area contributed by atoms with Crippen LogP contribution in [-0.2, 0) is 17.4 Å². The first-order valence-corrected chi connectivity index (χ1v) is 9.32. The van der Waals surface area contributed by atoms with E-state index in [9.17, 15) is 28.1 Å². The largest absolute Gasteiger partial charge is 0.418 e. The van der Waals surface area contributed by atoms with Gasteiger partial charge in [-0.15, -0.1) is 0 Å². The summed E-state index contributed by atoms with van der Waals surface area (Å²) in [6.45, 7) is 2.71. The van der Waals surface area contributed by atoms with E-state index >= 15 is 0 Å². The van der Waals surface area contributed by atoms with Crippen molar-refractivity contribution in [2.45, 2.75) is 12.6 Å². The molecule has 1 fully saturated rings. The average Bonchev–Trinajstić information content (AvgIpc) is 2.68. The molecular weight excluding hydrogens is 401 g/mol. The number of anilines is 2. The molecule has 0 unspecified atom stereocenters. The number of carbonyl (C=O) groups is 1. The van der Waals surface area contributed by atoms with Crippen LogP contribution in [0.25, 0.3) is 0 Å². The number of alkyl halides is 3. The zero-order chi connectivity index (χ0) is 21.9. The molecule has 0 saturated carbocycles. The normalized spacial score (nSPS) is 15.1. The summed E-state index contributed by atoms with van der Waals surface area (Å²) < 4.78 is 40.9. The van der Waals surface area contributed by atoms with Gasteiger partial charge in [0.25, 0.3) is 5.69 Å². The van der Waals surface area contributed by atoms with Gasteiger partial charge < -0.3 is 15.1 Å². The SMILES string of the molecule is CN1CCN(c2ccc(NC(=O)Cc3ccccc3[N+](=O)[O-])c(C(F)(F)F)c2)CC1. The van der Waals surface area contributed by atoms with Crippen molar-refractivity contribution in [1.29, 1.82) is 0 Å². The Morgan fingerprint density at radius 2 is 1.80 bits per heavy atom. The lowest BCUT2D eigenvalue weighted by Gasteiger charge is -2.34. The number of amides is 1. The molecular formula is C20H21F3N4O3. The molecule has 1 amide bonds. The first kappa shape index (κ1) is 21.6. The van der Waals surface area contributed by atoms with Crippen LogP contribution in [0.3, 0.4) is 0 Å². The maximum absolute atomic E-state index is 13.6. The highest BCUT2D eigenvalue weighted by Crippen LogP contribution is 2.37. The fourth-order valence-corrected chi connectivity index (χ4v) is 3.34. The molecule has 0 bridgehead atoms. The fraction of sp³-hybridized carbons (Fsp3) is 0.350. The van der Waals surface area contributed by atoms with E-state index in [0.29, 0.717) is 18.8 Å². The van der Waals surface area contributed by atoms with Gasteiger partial charge in [0.2, 0.25) is 5.91 Å². The number of hydrogen-bond donors (Lipinski definition) is 1. The van der Waals surface area contributed by atoms with Crippen LogP contribution in [0.15, 0.2) is 42.5 Å². The van der Waals surface area contributed by atoms with Gasteiger partial charge in [0.15, 0.2) is 0 Å². The average molecular weight is 422 g/mol. The Bertz CT molecular complexity index is 941. The van der Waals surface area contributed by atoms with E-state index in [-0.39, 0.29) is 16.9 Å². The van der Waals surface area contributed by atoms with Gasteiger partial charge in [-0.05, 0) is 25.2 Å². The van der Waals surface area contributed by atoms with Crippen molar-refractivity contribution in [1.82, 2.24) is 4.90 Å². The van der Waals surface area contributed by atoms with E-state index in [4.69, 9.17) is 0 Å². The zero-order valence-corrected chi connectivity index (χ0v) is 16.3. The smallest absolute Gasteiger partial charge is 0.369 e. The van der Waals surface area contributed by atoms with E-state index in [1.807, 2.05) is 11.9 Å². The third-order valence-electron chi connectivity index (χ3n) is 4.99. The number of hydrogen-bond acceptors (Lipinski definition) is 5. The van der Waals surface area contributed by atoms with Crippen molar-refractivity contribution in [3.63, 3.8) is 0 Å². The third kappa shape index (κ3) is 5.07. The van der Waals surface area contributed by atoms with Crippen molar-refractivity contribution >= 4 is 23.0 Å². The van der Waals surface area contributed by atoms with Gasteiger partial charge in [-0.3, -0.25) is 14.9 Å². The summed E-state index contributed by atoms with van der Waals surface area (Å²) in [5.74, 6) is -0.762. The molecule has 1 aliphatic heterocycles. The van der Waals surface area contributed by atoms with Crippen LogP contribution >= 0.6 is 0 Å². The lowest BCUT2D eigenvalue weighted by atomic mass is 10.1. The lowest BCUT2D eigenvalue weighted by Crippen LogP contribution is -2.44. The minimum atomic E-state index is -4.66. The molecule has 1 saturated heterocycles. The second-order valence-corrected chi connectivity index (χ2v) is 7.13. The number of nitro benzene ring substituents is 1. The second kappa shape index (κ2) is 8.70. The summed E-state index contributed by atoms with van der Waals surface area (Å²) in [6, 6.07) is 9.44. The molecule has 7 nitrogen and oxygen atoms in total. The highest BCUT2D eigenvalue weighted by Gasteiger charge is 2.35. The van der Waals surface area contributed by atoms with Crippen molar-refractivity contribution in [3.05, 3.63) is 63.7 Å². The van der Waals surface area contributed by atoms with Crippen LogP contribution in [0.2, 0.25) is 0 Å². The van der Waals surface area contributed by atoms with Crippen molar-refractivity contribution in [2.75, 3.05) is 43.4 Å². The Morgan fingerprint density at radius 1 is 1.13 bits per heavy atom. The van der Waals surface area contributed by atoms with Crippen LogP contribution in [0.1, 0.15) is 11.1 Å². The zero-order valence-electron chi connectivity index (χ0n) is 16.3. The van der Waals surface area contributed by atoms with E-state index in [1.165, 1.54) is 30.3 Å². The van der Waals surface area contributed by atoms with Crippen LogP contribution in [-0.4, -0.2) is 49.0 Å². The molecule has 10 heteroatoms. The molecule has 0 atom stereocenters. The number of nitro groups is 1. The number of carbonyl (C=O) groups excluding carboxylic acids is 1. The minimum absolute atomic E-state index is 0.127.